The Morgan fingerprint density at radius 2 is 1.88 bits per heavy atom. The molecule has 3 N–H and O–H groups in total. The van der Waals surface area contributed by atoms with Gasteiger partial charge in [-0.1, -0.05) is 44.2 Å². The molecule has 1 aromatic rings. The van der Waals surface area contributed by atoms with Crippen molar-refractivity contribution in [3.63, 3.8) is 0 Å². The van der Waals surface area contributed by atoms with E-state index in [0.717, 1.165) is 5.56 Å². The molecule has 3 rings (SSSR count). The van der Waals surface area contributed by atoms with Gasteiger partial charge in [0.05, 0.1) is 6.26 Å². The van der Waals surface area contributed by atoms with E-state index in [-0.39, 0.29) is 30.0 Å². The average molecular weight is 381 g/mol. The molecule has 0 spiro atoms. The van der Waals surface area contributed by atoms with Crippen molar-refractivity contribution < 1.29 is 13.2 Å². The van der Waals surface area contributed by atoms with Gasteiger partial charge in [-0.05, 0) is 23.8 Å². The number of nitrogens with zero attached hydrogens (tertiary/aromatic N) is 1. The highest BCUT2D eigenvalue weighted by atomic mass is 32.2. The Bertz CT molecular complexity index is 738. The lowest BCUT2D eigenvalue weighted by atomic mass is 9.92. The Labute approximate surface area is 155 Å². The first kappa shape index (κ1) is 19.3. The minimum Gasteiger partial charge on any atom is -0.339 e. The molecule has 1 aromatic carbocycles. The number of carbonyl (C=O) groups excluding carboxylic acids is 1. The van der Waals surface area contributed by atoms with Crippen molar-refractivity contribution in [2.24, 2.45) is 11.8 Å². The minimum atomic E-state index is -3.30. The Balaban J connectivity index is 1.65. The molecule has 144 valence electrons. The highest BCUT2D eigenvalue weighted by Gasteiger charge is 2.41. The van der Waals surface area contributed by atoms with Crippen LogP contribution >= 0.6 is 0 Å². The molecular weight excluding hydrogens is 352 g/mol. The van der Waals surface area contributed by atoms with Crippen molar-refractivity contribution in [1.29, 1.82) is 0 Å². The molecule has 4 atom stereocenters. The maximum atomic E-state index is 12.9. The number of hydrogen-bond acceptors (Lipinski definition) is 5. The van der Waals surface area contributed by atoms with Gasteiger partial charge in [0.25, 0.3) is 0 Å². The summed E-state index contributed by atoms with van der Waals surface area (Å²) in [5.41, 5.74) is 7.46. The molecule has 2 heterocycles. The maximum absolute atomic E-state index is 12.9. The van der Waals surface area contributed by atoms with Crippen LogP contribution in [0.5, 0.6) is 0 Å². The molecule has 2 aliphatic rings. The maximum Gasteiger partial charge on any atom is 0.241 e. The SMILES string of the molecule is CC(C)[C@@H]1CN(C(=O)C2CC(c3ccccc3)NN2)C[C@H]1NS(C)(=O)=O. The van der Waals surface area contributed by atoms with Crippen LogP contribution in [0.15, 0.2) is 30.3 Å². The average Bonchev–Trinajstić information content (AvgIpc) is 3.21. The van der Waals surface area contributed by atoms with Crippen LogP contribution in [0.2, 0.25) is 0 Å². The third-order valence-corrected chi connectivity index (χ3v) is 6.03. The third-order valence-electron chi connectivity index (χ3n) is 5.30. The van der Waals surface area contributed by atoms with E-state index in [0.29, 0.717) is 25.4 Å². The van der Waals surface area contributed by atoms with Crippen molar-refractivity contribution in [3.05, 3.63) is 35.9 Å². The van der Waals surface area contributed by atoms with Gasteiger partial charge in [0.1, 0.15) is 6.04 Å². The monoisotopic (exact) mass is 380 g/mol. The lowest BCUT2D eigenvalue weighted by Crippen LogP contribution is -2.46. The van der Waals surface area contributed by atoms with Crippen LogP contribution in [0.1, 0.15) is 31.9 Å². The van der Waals surface area contributed by atoms with Crippen molar-refractivity contribution in [1.82, 2.24) is 20.5 Å². The quantitative estimate of drug-likeness (QED) is 0.697. The second kappa shape index (κ2) is 7.64. The molecule has 0 saturated carbocycles. The summed E-state index contributed by atoms with van der Waals surface area (Å²) < 4.78 is 26.0. The van der Waals surface area contributed by atoms with Crippen LogP contribution in [0.4, 0.5) is 0 Å². The Morgan fingerprint density at radius 1 is 1.19 bits per heavy atom. The Morgan fingerprint density at radius 3 is 2.50 bits per heavy atom. The summed E-state index contributed by atoms with van der Waals surface area (Å²) >= 11 is 0. The fourth-order valence-electron chi connectivity index (χ4n) is 3.93. The van der Waals surface area contributed by atoms with Gasteiger partial charge in [-0.3, -0.25) is 4.79 Å². The zero-order chi connectivity index (χ0) is 18.9. The second-order valence-electron chi connectivity index (χ2n) is 7.69. The smallest absolute Gasteiger partial charge is 0.241 e. The molecule has 0 aromatic heterocycles. The van der Waals surface area contributed by atoms with Gasteiger partial charge >= 0.3 is 0 Å². The number of rotatable bonds is 5. The van der Waals surface area contributed by atoms with Crippen LogP contribution < -0.4 is 15.6 Å². The molecule has 2 fully saturated rings. The molecular formula is C18H28N4O3S. The van der Waals surface area contributed by atoms with Crippen molar-refractivity contribution in [3.8, 4) is 0 Å². The van der Waals surface area contributed by atoms with Gasteiger partial charge in [0, 0.05) is 25.2 Å². The number of sulfonamides is 1. The molecule has 2 aliphatic heterocycles. The molecule has 8 heteroatoms. The molecule has 7 nitrogen and oxygen atoms in total. The van der Waals surface area contributed by atoms with E-state index in [1.807, 2.05) is 30.3 Å². The van der Waals surface area contributed by atoms with Crippen molar-refractivity contribution >= 4 is 15.9 Å². The number of benzene rings is 1. The van der Waals surface area contributed by atoms with E-state index in [1.165, 1.54) is 6.26 Å². The largest absolute Gasteiger partial charge is 0.339 e. The van der Waals surface area contributed by atoms with Gasteiger partial charge < -0.3 is 4.90 Å². The zero-order valence-corrected chi connectivity index (χ0v) is 16.3. The minimum absolute atomic E-state index is 0.0272. The summed E-state index contributed by atoms with van der Waals surface area (Å²) in [6, 6.07) is 9.60. The number of hydrazine groups is 1. The normalized spacial score (nSPS) is 29.5. The molecule has 0 radical (unpaired) electrons. The van der Waals surface area contributed by atoms with E-state index in [1.54, 1.807) is 4.90 Å². The van der Waals surface area contributed by atoms with E-state index in [4.69, 9.17) is 0 Å². The van der Waals surface area contributed by atoms with Crippen LogP contribution in [0.3, 0.4) is 0 Å². The molecule has 0 aliphatic carbocycles. The third kappa shape index (κ3) is 4.43. The van der Waals surface area contributed by atoms with Crippen LogP contribution in [-0.4, -0.2) is 50.7 Å². The van der Waals surface area contributed by atoms with Gasteiger partial charge in [-0.15, -0.1) is 0 Å². The fraction of sp³-hybridized carbons (Fsp3) is 0.611. The fourth-order valence-corrected chi connectivity index (χ4v) is 4.73. The lowest BCUT2D eigenvalue weighted by molar-refractivity contribution is -0.132. The van der Waals surface area contributed by atoms with Crippen molar-refractivity contribution in [2.45, 2.75) is 38.4 Å². The molecule has 1 amide bonds. The lowest BCUT2D eigenvalue weighted by Gasteiger charge is -2.21. The van der Waals surface area contributed by atoms with E-state index in [2.05, 4.69) is 29.4 Å². The first-order valence-corrected chi connectivity index (χ1v) is 11.0. The summed E-state index contributed by atoms with van der Waals surface area (Å²) in [6.45, 7) is 5.13. The summed E-state index contributed by atoms with van der Waals surface area (Å²) in [5, 5.41) is 0. The van der Waals surface area contributed by atoms with Crippen LogP contribution in [0, 0.1) is 11.8 Å². The first-order chi connectivity index (χ1) is 12.2. The van der Waals surface area contributed by atoms with Crippen LogP contribution in [0.25, 0.3) is 0 Å². The summed E-state index contributed by atoms with van der Waals surface area (Å²) in [7, 11) is -3.30. The Hall–Kier alpha value is -1.48. The van der Waals surface area contributed by atoms with Gasteiger partial charge in [0.2, 0.25) is 15.9 Å². The number of amides is 1. The molecule has 2 saturated heterocycles. The number of hydrogen-bond donors (Lipinski definition) is 3. The standard InChI is InChI=1S/C18H28N4O3S/c1-12(2)14-10-22(11-17(14)21-26(3,24)25)18(23)16-9-15(19-20-16)13-7-5-4-6-8-13/h4-8,12,14-17,19-21H,9-11H2,1-3H3/t14-,15?,16?,17+/m0/s1. The molecule has 2 unspecified atom stereocenters. The van der Waals surface area contributed by atoms with Crippen LogP contribution in [-0.2, 0) is 14.8 Å². The topological polar surface area (TPSA) is 90.5 Å². The molecule has 0 bridgehead atoms. The number of carbonyl (C=O) groups is 1. The van der Waals surface area contributed by atoms with E-state index >= 15 is 0 Å². The molecule has 26 heavy (non-hydrogen) atoms. The summed E-state index contributed by atoms with van der Waals surface area (Å²) in [5.74, 6) is 0.436. The Kier molecular flexibility index (Phi) is 5.67. The van der Waals surface area contributed by atoms with E-state index < -0.39 is 10.0 Å². The predicted molar refractivity (Wildman–Crippen MR) is 101 cm³/mol. The highest BCUT2D eigenvalue weighted by Crippen LogP contribution is 2.28. The number of likely N-dealkylation sites (tertiary alicyclic amines) is 1. The number of nitrogens with one attached hydrogen (secondary N) is 3. The second-order valence-corrected chi connectivity index (χ2v) is 9.47. The van der Waals surface area contributed by atoms with Gasteiger partial charge in [-0.2, -0.15) is 0 Å². The van der Waals surface area contributed by atoms with Crippen molar-refractivity contribution in [2.75, 3.05) is 19.3 Å². The summed E-state index contributed by atoms with van der Waals surface area (Å²) in [4.78, 5) is 14.7. The van der Waals surface area contributed by atoms with E-state index in [9.17, 15) is 13.2 Å². The highest BCUT2D eigenvalue weighted by molar-refractivity contribution is 7.88. The summed E-state index contributed by atoms with van der Waals surface area (Å²) in [6.07, 6.45) is 1.84. The predicted octanol–water partition coefficient (Wildman–Crippen LogP) is 0.626. The first-order valence-electron chi connectivity index (χ1n) is 9.06. The van der Waals surface area contributed by atoms with Gasteiger partial charge in [-0.25, -0.2) is 24.0 Å². The zero-order valence-electron chi connectivity index (χ0n) is 15.5. The van der Waals surface area contributed by atoms with Gasteiger partial charge in [0.15, 0.2) is 0 Å².